The second kappa shape index (κ2) is 13.5. The van der Waals surface area contributed by atoms with E-state index < -0.39 is 18.0 Å². The van der Waals surface area contributed by atoms with Crippen molar-refractivity contribution in [2.75, 3.05) is 11.9 Å². The number of ether oxygens (including phenoxy) is 1. The summed E-state index contributed by atoms with van der Waals surface area (Å²) in [5.41, 5.74) is 3.57. The first-order valence-corrected chi connectivity index (χ1v) is 12.7. The maximum atomic E-state index is 13.2. The summed E-state index contributed by atoms with van der Waals surface area (Å²) in [5, 5.41) is 24.8. The number of amides is 1. The summed E-state index contributed by atoms with van der Waals surface area (Å²) < 4.78 is 5.99. The molecule has 1 heterocycles. The first-order valence-electron chi connectivity index (χ1n) is 12.3. The van der Waals surface area contributed by atoms with Gasteiger partial charge in [-0.15, -0.1) is 0 Å². The van der Waals surface area contributed by atoms with Crippen LogP contribution in [0.5, 0.6) is 5.88 Å². The van der Waals surface area contributed by atoms with Gasteiger partial charge in [-0.1, -0.05) is 84.4 Å². The molecule has 0 bridgehead atoms. The smallest absolute Gasteiger partial charge is 0.306 e. The van der Waals surface area contributed by atoms with Gasteiger partial charge in [-0.2, -0.15) is 4.98 Å². The minimum atomic E-state index is -1.08. The summed E-state index contributed by atoms with van der Waals surface area (Å²) in [4.78, 5) is 28.5. The lowest BCUT2D eigenvalue weighted by Crippen LogP contribution is -2.28. The van der Waals surface area contributed by atoms with E-state index >= 15 is 0 Å². The van der Waals surface area contributed by atoms with Gasteiger partial charge < -0.3 is 25.6 Å². The third kappa shape index (κ3) is 7.87. The van der Waals surface area contributed by atoms with E-state index in [1.165, 1.54) is 0 Å². The van der Waals surface area contributed by atoms with Crippen molar-refractivity contribution in [1.29, 1.82) is 0 Å². The van der Waals surface area contributed by atoms with E-state index in [0.29, 0.717) is 22.0 Å². The molecule has 0 aliphatic heterocycles. The van der Waals surface area contributed by atoms with Gasteiger partial charge in [0.15, 0.2) is 0 Å². The van der Waals surface area contributed by atoms with Gasteiger partial charge in [0.05, 0.1) is 23.1 Å². The zero-order valence-corrected chi connectivity index (χ0v) is 21.8. The molecule has 0 aliphatic carbocycles. The summed E-state index contributed by atoms with van der Waals surface area (Å²) >= 11 is 6.62. The van der Waals surface area contributed by atoms with E-state index in [1.807, 2.05) is 66.7 Å². The standard InChI is InChI=1S/C30H28ClN3O5/c31-28-24(21-10-5-2-6-11-21)12-7-13-25(28)29(38)33-26-15-14-22(17-32-18-23(35)16-27(36)37)30(34-26)39-19-20-8-3-1-4-9-20/h1-15,23,32,35H,16-19H2,(H,36,37)(H,33,34,38). The Kier molecular flexibility index (Phi) is 9.64. The van der Waals surface area contributed by atoms with Crippen LogP contribution in [0.3, 0.4) is 0 Å². The average molecular weight is 546 g/mol. The molecule has 1 amide bonds. The number of rotatable bonds is 12. The van der Waals surface area contributed by atoms with Gasteiger partial charge in [0.25, 0.3) is 5.91 Å². The van der Waals surface area contributed by atoms with Gasteiger partial charge in [-0.25, -0.2) is 0 Å². The predicted octanol–water partition coefficient (Wildman–Crippen LogP) is 5.16. The maximum Gasteiger partial charge on any atom is 0.306 e. The Hall–Kier alpha value is -4.24. The van der Waals surface area contributed by atoms with Crippen LogP contribution in [-0.2, 0) is 17.9 Å². The Morgan fingerprint density at radius 1 is 0.923 bits per heavy atom. The molecule has 3 aromatic carbocycles. The summed E-state index contributed by atoms with van der Waals surface area (Å²) in [6.07, 6.45) is -1.39. The van der Waals surface area contributed by atoms with Crippen molar-refractivity contribution < 1.29 is 24.5 Å². The van der Waals surface area contributed by atoms with Crippen LogP contribution in [0.4, 0.5) is 5.82 Å². The van der Waals surface area contributed by atoms with Crippen molar-refractivity contribution in [2.45, 2.75) is 25.7 Å². The molecule has 0 saturated heterocycles. The molecular formula is C30H28ClN3O5. The van der Waals surface area contributed by atoms with Crippen LogP contribution in [-0.4, -0.2) is 39.7 Å². The number of aliphatic hydroxyl groups is 1. The summed E-state index contributed by atoms with van der Waals surface area (Å²) in [7, 11) is 0. The molecule has 4 aromatic rings. The number of aliphatic hydroxyl groups excluding tert-OH is 1. The lowest BCUT2D eigenvalue weighted by Gasteiger charge is -2.15. The van der Waals surface area contributed by atoms with Gasteiger partial charge in [0.1, 0.15) is 12.4 Å². The van der Waals surface area contributed by atoms with Crippen molar-refractivity contribution in [2.24, 2.45) is 0 Å². The number of carboxylic acids is 1. The number of hydrogen-bond donors (Lipinski definition) is 4. The van der Waals surface area contributed by atoms with Crippen molar-refractivity contribution in [3.8, 4) is 17.0 Å². The van der Waals surface area contributed by atoms with E-state index in [1.54, 1.807) is 24.3 Å². The fraction of sp³-hybridized carbons (Fsp3) is 0.167. The Morgan fingerprint density at radius 3 is 2.36 bits per heavy atom. The molecule has 0 radical (unpaired) electrons. The molecule has 1 aromatic heterocycles. The highest BCUT2D eigenvalue weighted by molar-refractivity contribution is 6.37. The van der Waals surface area contributed by atoms with Crippen LogP contribution in [0.25, 0.3) is 11.1 Å². The number of aromatic nitrogens is 1. The van der Waals surface area contributed by atoms with Crippen LogP contribution in [0.15, 0.2) is 91.0 Å². The van der Waals surface area contributed by atoms with Crippen LogP contribution >= 0.6 is 11.6 Å². The molecule has 0 saturated carbocycles. The number of nitrogens with zero attached hydrogens (tertiary/aromatic N) is 1. The van der Waals surface area contributed by atoms with Crippen LogP contribution < -0.4 is 15.4 Å². The lowest BCUT2D eigenvalue weighted by molar-refractivity contribution is -0.139. The second-order valence-electron chi connectivity index (χ2n) is 8.80. The number of aliphatic carboxylic acids is 1. The summed E-state index contributed by atoms with van der Waals surface area (Å²) in [5.74, 6) is -0.922. The molecule has 1 atom stereocenters. The number of benzene rings is 3. The maximum absolute atomic E-state index is 13.2. The molecule has 39 heavy (non-hydrogen) atoms. The number of carboxylic acid groups (broad SMARTS) is 1. The summed E-state index contributed by atoms with van der Waals surface area (Å²) in [6, 6.07) is 27.8. The quantitative estimate of drug-likeness (QED) is 0.194. The van der Waals surface area contributed by atoms with Crippen LogP contribution in [0.2, 0.25) is 5.02 Å². The number of carbonyl (C=O) groups excluding carboxylic acids is 1. The monoisotopic (exact) mass is 545 g/mol. The number of anilines is 1. The highest BCUT2D eigenvalue weighted by Gasteiger charge is 2.17. The van der Waals surface area contributed by atoms with E-state index in [-0.39, 0.29) is 31.9 Å². The normalized spacial score (nSPS) is 11.5. The number of hydrogen-bond acceptors (Lipinski definition) is 6. The first-order chi connectivity index (χ1) is 18.9. The van der Waals surface area contributed by atoms with E-state index in [9.17, 15) is 14.7 Å². The fourth-order valence-corrected chi connectivity index (χ4v) is 4.22. The van der Waals surface area contributed by atoms with E-state index in [4.69, 9.17) is 21.4 Å². The topological polar surface area (TPSA) is 121 Å². The van der Waals surface area contributed by atoms with E-state index in [0.717, 1.165) is 16.7 Å². The van der Waals surface area contributed by atoms with Crippen LogP contribution in [0, 0.1) is 0 Å². The van der Waals surface area contributed by atoms with Gasteiger partial charge in [0, 0.05) is 24.2 Å². The molecule has 4 rings (SSSR count). The molecule has 9 heteroatoms. The van der Waals surface area contributed by atoms with Crippen molar-refractivity contribution >= 4 is 29.3 Å². The van der Waals surface area contributed by atoms with Crippen LogP contribution in [0.1, 0.15) is 27.9 Å². The molecule has 0 spiro atoms. The minimum Gasteiger partial charge on any atom is -0.481 e. The Bertz CT molecular complexity index is 1420. The van der Waals surface area contributed by atoms with Gasteiger partial charge in [-0.05, 0) is 29.3 Å². The zero-order valence-electron chi connectivity index (χ0n) is 21.0. The predicted molar refractivity (Wildman–Crippen MR) is 150 cm³/mol. The number of nitrogens with one attached hydrogen (secondary N) is 2. The fourth-order valence-electron chi connectivity index (χ4n) is 3.90. The zero-order chi connectivity index (χ0) is 27.6. The number of carbonyl (C=O) groups is 2. The molecule has 8 nitrogen and oxygen atoms in total. The molecule has 4 N–H and O–H groups in total. The number of pyridine rings is 1. The third-order valence-electron chi connectivity index (χ3n) is 5.83. The second-order valence-corrected chi connectivity index (χ2v) is 9.18. The molecule has 1 unspecified atom stereocenters. The minimum absolute atomic E-state index is 0.0825. The third-order valence-corrected chi connectivity index (χ3v) is 6.24. The Morgan fingerprint density at radius 2 is 1.64 bits per heavy atom. The van der Waals surface area contributed by atoms with Crippen molar-refractivity contribution in [3.05, 3.63) is 113 Å². The van der Waals surface area contributed by atoms with Gasteiger partial charge >= 0.3 is 5.97 Å². The first kappa shape index (κ1) is 27.8. The highest BCUT2D eigenvalue weighted by atomic mass is 35.5. The van der Waals surface area contributed by atoms with E-state index in [2.05, 4.69) is 15.6 Å². The average Bonchev–Trinajstić information content (AvgIpc) is 2.93. The van der Waals surface area contributed by atoms with Gasteiger partial charge in [0.2, 0.25) is 5.88 Å². The van der Waals surface area contributed by atoms with Gasteiger partial charge in [-0.3, -0.25) is 9.59 Å². The molecule has 0 fully saturated rings. The largest absolute Gasteiger partial charge is 0.481 e. The molecular weight excluding hydrogens is 518 g/mol. The molecule has 0 aliphatic rings. The molecule has 200 valence electrons. The SMILES string of the molecule is O=C(O)CC(O)CNCc1ccc(NC(=O)c2cccc(-c3ccccc3)c2Cl)nc1OCc1ccccc1. The Balaban J connectivity index is 1.51. The van der Waals surface area contributed by atoms with Crippen molar-refractivity contribution in [1.82, 2.24) is 10.3 Å². The number of halogens is 1. The van der Waals surface area contributed by atoms with Crippen molar-refractivity contribution in [3.63, 3.8) is 0 Å². The summed E-state index contributed by atoms with van der Waals surface area (Å²) in [6.45, 7) is 0.608. The lowest BCUT2D eigenvalue weighted by atomic mass is 10.0. The highest BCUT2D eigenvalue weighted by Crippen LogP contribution is 2.31. The Labute approximate surface area is 231 Å².